The number of nitrogens with zero attached hydrogens (tertiary/aromatic N) is 3. The predicted octanol–water partition coefficient (Wildman–Crippen LogP) is 5.76. The molecule has 0 fully saturated rings. The van der Waals surface area contributed by atoms with Crippen LogP contribution in [0.3, 0.4) is 0 Å². The summed E-state index contributed by atoms with van der Waals surface area (Å²) < 4.78 is 30.5. The average molecular weight is 846 g/mol. The lowest BCUT2D eigenvalue weighted by Crippen LogP contribution is -2.40. The molecule has 0 radical (unpaired) electrons. The van der Waals surface area contributed by atoms with E-state index in [1.165, 1.54) is 23.8 Å². The number of nitro benzene ring substituents is 1. The van der Waals surface area contributed by atoms with Gasteiger partial charge >= 0.3 is 11.9 Å². The molecule has 0 N–H and O–H groups in total. The molecule has 5 rings (SSSR count). The lowest BCUT2D eigenvalue weighted by Gasteiger charge is -2.25. The molecule has 16 heteroatoms. The van der Waals surface area contributed by atoms with Gasteiger partial charge in [-0.05, 0) is 99.7 Å². The van der Waals surface area contributed by atoms with Gasteiger partial charge in [-0.25, -0.2) is 14.6 Å². The van der Waals surface area contributed by atoms with Gasteiger partial charge in [0.25, 0.3) is 11.2 Å². The number of carbonyl (C=O) groups is 2. The fourth-order valence-electron chi connectivity index (χ4n) is 5.25. The highest BCUT2D eigenvalue weighted by atomic mass is 79.9. The van der Waals surface area contributed by atoms with Crippen molar-refractivity contribution in [3.05, 3.63) is 121 Å². The zero-order valence-corrected chi connectivity index (χ0v) is 31.8. The van der Waals surface area contributed by atoms with Crippen LogP contribution in [0.2, 0.25) is 0 Å². The van der Waals surface area contributed by atoms with Crippen LogP contribution in [0.5, 0.6) is 17.2 Å². The Morgan fingerprint density at radius 1 is 1.02 bits per heavy atom. The Bertz CT molecular complexity index is 2210. The maximum Gasteiger partial charge on any atom is 0.343 e. The van der Waals surface area contributed by atoms with Crippen LogP contribution in [0, 0.1) is 10.1 Å². The molecule has 0 spiro atoms. The normalized spacial score (nSPS) is 14.0. The number of aromatic nitrogens is 1. The van der Waals surface area contributed by atoms with E-state index in [4.69, 9.17) is 18.9 Å². The van der Waals surface area contributed by atoms with E-state index in [2.05, 4.69) is 41.6 Å². The Kier molecular flexibility index (Phi) is 12.1. The van der Waals surface area contributed by atoms with Crippen LogP contribution in [0.4, 0.5) is 5.69 Å². The first kappa shape index (κ1) is 37.5. The van der Waals surface area contributed by atoms with Gasteiger partial charge in [-0.3, -0.25) is 19.5 Å². The summed E-state index contributed by atoms with van der Waals surface area (Å²) in [6.45, 7) is 5.32. The summed E-state index contributed by atoms with van der Waals surface area (Å²) >= 11 is 8.25. The fourth-order valence-corrected chi connectivity index (χ4v) is 7.75. The summed E-state index contributed by atoms with van der Waals surface area (Å²) in [6.07, 6.45) is 1.71. The first-order valence-corrected chi connectivity index (χ1v) is 17.9. The fraction of sp³-hybridized carbons (Fsp3) is 0.257. The van der Waals surface area contributed by atoms with Gasteiger partial charge < -0.3 is 23.7 Å². The number of ether oxygens (including phenoxy) is 5. The first-order chi connectivity index (χ1) is 24.4. The summed E-state index contributed by atoms with van der Waals surface area (Å²) in [7, 11) is 1.26. The smallest absolute Gasteiger partial charge is 0.343 e. The van der Waals surface area contributed by atoms with Gasteiger partial charge in [0, 0.05) is 12.1 Å². The first-order valence-electron chi connectivity index (χ1n) is 15.5. The van der Waals surface area contributed by atoms with Crippen molar-refractivity contribution in [2.24, 2.45) is 4.99 Å². The summed E-state index contributed by atoms with van der Waals surface area (Å²) in [5.41, 5.74) is 1.98. The molecule has 0 aliphatic carbocycles. The maximum absolute atomic E-state index is 14.2. The van der Waals surface area contributed by atoms with Gasteiger partial charge in [0.15, 0.2) is 22.9 Å². The van der Waals surface area contributed by atoms with Crippen LogP contribution in [-0.2, 0) is 25.7 Å². The van der Waals surface area contributed by atoms with Crippen molar-refractivity contribution in [1.29, 1.82) is 0 Å². The molecule has 13 nitrogen and oxygen atoms in total. The van der Waals surface area contributed by atoms with Gasteiger partial charge in [0.2, 0.25) is 0 Å². The highest BCUT2D eigenvalue weighted by Gasteiger charge is 2.34. The third-order valence-electron chi connectivity index (χ3n) is 7.50. The number of hydrogen-bond acceptors (Lipinski definition) is 12. The van der Waals surface area contributed by atoms with Gasteiger partial charge in [0.05, 0.1) is 56.0 Å². The summed E-state index contributed by atoms with van der Waals surface area (Å²) in [4.78, 5) is 55.0. The van der Waals surface area contributed by atoms with Crippen molar-refractivity contribution in [2.75, 3.05) is 26.9 Å². The van der Waals surface area contributed by atoms with E-state index in [0.29, 0.717) is 52.2 Å². The standard InChI is InChI=1S/C35H31Br2N3O10S/c1-5-47-27-16-22(10-11-26(27)49-18-29(41)46-4)31-30(34(43)48-6-2)19(3)38-35-39(31)33(42)28(51-35)15-21-13-24(36)32(25(37)14-21)50-17-20-8-7-9-23(12-20)40(44)45/h7-16,31H,5-6,17-18H2,1-4H3/b28-15-/t31-/m0/s1. The third kappa shape index (κ3) is 8.40. The number of methoxy groups -OCH3 is 1. The zero-order valence-electron chi connectivity index (χ0n) is 27.8. The average Bonchev–Trinajstić information content (AvgIpc) is 3.40. The van der Waals surface area contributed by atoms with Crippen molar-refractivity contribution < 1.29 is 38.2 Å². The van der Waals surface area contributed by atoms with Crippen LogP contribution in [0.25, 0.3) is 6.08 Å². The second kappa shape index (κ2) is 16.5. The molecule has 1 aliphatic heterocycles. The van der Waals surface area contributed by atoms with E-state index in [9.17, 15) is 24.5 Å². The third-order valence-corrected chi connectivity index (χ3v) is 9.66. The molecule has 0 amide bonds. The lowest BCUT2D eigenvalue weighted by atomic mass is 9.95. The summed E-state index contributed by atoms with van der Waals surface area (Å²) in [5.74, 6) is -0.125. The van der Waals surface area contributed by atoms with E-state index < -0.39 is 22.9 Å². The largest absolute Gasteiger partial charge is 0.490 e. The van der Waals surface area contributed by atoms with Gasteiger partial charge in [0.1, 0.15) is 12.4 Å². The molecule has 0 saturated heterocycles. The van der Waals surface area contributed by atoms with Crippen LogP contribution < -0.4 is 29.1 Å². The van der Waals surface area contributed by atoms with Crippen LogP contribution in [-0.4, -0.2) is 48.4 Å². The predicted molar refractivity (Wildman–Crippen MR) is 195 cm³/mol. The molecule has 0 saturated carbocycles. The number of halogens is 2. The molecule has 1 atom stereocenters. The van der Waals surface area contributed by atoms with Crippen molar-refractivity contribution in [3.8, 4) is 17.2 Å². The minimum atomic E-state index is -0.917. The highest BCUT2D eigenvalue weighted by molar-refractivity contribution is 9.11. The Balaban J connectivity index is 1.55. The molecule has 0 bridgehead atoms. The highest BCUT2D eigenvalue weighted by Crippen LogP contribution is 2.37. The number of hydrogen-bond donors (Lipinski definition) is 0. The number of carbonyl (C=O) groups excluding carboxylic acids is 2. The van der Waals surface area contributed by atoms with Gasteiger partial charge in [-0.1, -0.05) is 29.5 Å². The monoisotopic (exact) mass is 843 g/mol. The maximum atomic E-state index is 14.2. The zero-order chi connectivity index (χ0) is 36.8. The number of thiazole rings is 1. The molecule has 1 aliphatic rings. The van der Waals surface area contributed by atoms with E-state index in [0.717, 1.165) is 11.3 Å². The summed E-state index contributed by atoms with van der Waals surface area (Å²) in [6, 6.07) is 13.8. The van der Waals surface area contributed by atoms with Crippen molar-refractivity contribution in [3.63, 3.8) is 0 Å². The van der Waals surface area contributed by atoms with E-state index in [1.807, 2.05) is 0 Å². The Morgan fingerprint density at radius 3 is 2.43 bits per heavy atom. The van der Waals surface area contributed by atoms with E-state index in [1.54, 1.807) is 69.3 Å². The molecule has 3 aromatic carbocycles. The Hall–Kier alpha value is -4.80. The van der Waals surface area contributed by atoms with Crippen molar-refractivity contribution in [1.82, 2.24) is 4.57 Å². The molecule has 51 heavy (non-hydrogen) atoms. The molecular weight excluding hydrogens is 814 g/mol. The van der Waals surface area contributed by atoms with Gasteiger partial charge in [-0.2, -0.15) is 0 Å². The topological polar surface area (TPSA) is 158 Å². The molecule has 266 valence electrons. The number of non-ortho nitro benzene ring substituents is 1. The second-order valence-electron chi connectivity index (χ2n) is 10.8. The number of fused-ring (bicyclic) bond motifs is 1. The lowest BCUT2D eigenvalue weighted by molar-refractivity contribution is -0.384. The van der Waals surface area contributed by atoms with Gasteiger partial charge in [-0.15, -0.1) is 0 Å². The Labute approximate surface area is 312 Å². The number of esters is 2. The second-order valence-corrected chi connectivity index (χ2v) is 13.6. The van der Waals surface area contributed by atoms with E-state index in [-0.39, 0.29) is 49.0 Å². The van der Waals surface area contributed by atoms with Crippen LogP contribution in [0.15, 0.2) is 84.6 Å². The van der Waals surface area contributed by atoms with Crippen LogP contribution >= 0.6 is 43.2 Å². The molecule has 0 unspecified atom stereocenters. The van der Waals surface area contributed by atoms with Crippen molar-refractivity contribution >= 4 is 66.9 Å². The number of nitro groups is 1. The number of benzene rings is 3. The molecule has 2 heterocycles. The quantitative estimate of drug-likeness (QED) is 0.0921. The van der Waals surface area contributed by atoms with E-state index >= 15 is 0 Å². The number of allylic oxidation sites excluding steroid dienone is 1. The van der Waals surface area contributed by atoms with Crippen LogP contribution in [0.1, 0.15) is 43.5 Å². The molecule has 1 aromatic heterocycles. The molecular formula is C35H31Br2N3O10S. The minimum Gasteiger partial charge on any atom is -0.490 e. The Morgan fingerprint density at radius 2 is 1.76 bits per heavy atom. The van der Waals surface area contributed by atoms with Crippen molar-refractivity contribution in [2.45, 2.75) is 33.4 Å². The SMILES string of the molecule is CCOC(=O)C1=C(C)N=c2s/c(=C\c3cc(Br)c(OCc4cccc([N+](=O)[O-])c4)c(Br)c3)c(=O)n2[C@H]1c1ccc(OCC(=O)OC)c(OCC)c1. The minimum absolute atomic E-state index is 0.0331. The molecule has 4 aromatic rings. The number of rotatable bonds is 13. The summed E-state index contributed by atoms with van der Waals surface area (Å²) in [5, 5.41) is 11.2.